The molecule has 17 aromatic rings. The van der Waals surface area contributed by atoms with Gasteiger partial charge in [-0.15, -0.1) is 176 Å². The molecule has 1 unspecified atom stereocenters. The van der Waals surface area contributed by atoms with Crippen molar-refractivity contribution in [3.05, 3.63) is 411 Å². The number of allylic oxidation sites excluding steroid dienone is 1. The molecule has 7 heterocycles. The summed E-state index contributed by atoms with van der Waals surface area (Å²) in [5, 5.41) is 24.0. The fourth-order valence-electron chi connectivity index (χ4n) is 16.6. The number of fused-ring (bicyclic) bond motifs is 8. The standard InChI is InChI=1S/C22H24N.3C21H22N.2C11H8N.C11H14O2.3Ir/c1-14(2)10-17-6-5-7-21-18(17)8-9-22-19-12-15(3)11-16(4)20(19)13-23(21)22;3*1-14(2)10-17-6-5-7-21-19(17)8-9-20(22-21)18-12-15(3)11-16(4)13-18;2*1-2-6-10(7-3-1)11-8-4-5-9-12-11;1-8(12)11(9(2)13)10-6-4-3-5-7-10;;;/h5-9,11-12,14H,10,13H2,1-4H3;3*5-9,11-12,14H,10H2,1-4H3;2*1-6,8-9H;3-8,12-13H,1-2H3;;;/q+1;5*-1;;;;. The van der Waals surface area contributed by atoms with E-state index in [1.54, 1.807) is 26.2 Å². The van der Waals surface area contributed by atoms with Crippen molar-refractivity contribution < 1.29 is 75.1 Å². The second-order valence-electron chi connectivity index (χ2n) is 35.0. The molecule has 0 fully saturated rings. The molecule has 2 N–H and O–H groups in total. The Morgan fingerprint density at radius 3 is 1.07 bits per heavy atom. The van der Waals surface area contributed by atoms with E-state index in [1.165, 1.54) is 94.0 Å². The molecule has 0 bridgehead atoms. The monoisotopic (exact) mass is 2230 g/mol. The number of hydrogen-bond donors (Lipinski definition) is 2. The second-order valence-corrected chi connectivity index (χ2v) is 35.0. The van der Waals surface area contributed by atoms with E-state index in [0.29, 0.717) is 29.2 Å². The first kappa shape index (κ1) is 102. The van der Waals surface area contributed by atoms with Crippen molar-refractivity contribution in [2.24, 2.45) is 23.7 Å². The normalized spacial score (nSPS) is 11.4. The Balaban J connectivity index is 0.000000172. The third-order valence-corrected chi connectivity index (χ3v) is 21.8. The largest absolute Gasteiger partial charge is 0.512 e. The molecular formula is C118H120Ir3N6O2-4. The summed E-state index contributed by atoms with van der Waals surface area (Å²) in [6, 6.07) is 114. The average Bonchev–Trinajstić information content (AvgIpc) is 1.60. The van der Waals surface area contributed by atoms with Crippen LogP contribution in [0.3, 0.4) is 0 Å². The number of aliphatic hydroxyl groups excluding tert-OH is 2. The van der Waals surface area contributed by atoms with Crippen LogP contribution in [0.15, 0.2) is 303 Å². The van der Waals surface area contributed by atoms with Gasteiger partial charge in [-0.25, -0.2) is 0 Å². The van der Waals surface area contributed by atoms with E-state index in [2.05, 4.69) is 326 Å². The Labute approximate surface area is 808 Å². The van der Waals surface area contributed by atoms with Crippen molar-refractivity contribution in [3.8, 4) is 67.5 Å². The summed E-state index contributed by atoms with van der Waals surface area (Å²) in [5.41, 5.74) is 36.2. The summed E-state index contributed by atoms with van der Waals surface area (Å²) < 4.78 is 2.50. The van der Waals surface area contributed by atoms with Gasteiger partial charge >= 0.3 is 0 Å². The molecule has 11 heteroatoms. The van der Waals surface area contributed by atoms with Crippen molar-refractivity contribution in [2.45, 2.75) is 163 Å². The zero-order valence-electron chi connectivity index (χ0n) is 77.8. The topological polar surface area (TPSA) is 109 Å². The van der Waals surface area contributed by atoms with Crippen LogP contribution in [0.4, 0.5) is 0 Å². The molecular weight excluding hydrogens is 2110 g/mol. The molecule has 8 nitrogen and oxygen atoms in total. The van der Waals surface area contributed by atoms with Crippen LogP contribution in [-0.4, -0.2) is 41.2 Å². The van der Waals surface area contributed by atoms with Gasteiger partial charge in [0.05, 0.1) is 34.0 Å². The number of pyridine rings is 6. The van der Waals surface area contributed by atoms with Gasteiger partial charge in [0.2, 0.25) is 11.2 Å². The minimum absolute atomic E-state index is 0. The molecule has 0 aliphatic carbocycles. The van der Waals surface area contributed by atoms with Gasteiger partial charge in [-0.3, -0.25) is 15.0 Å². The zero-order valence-corrected chi connectivity index (χ0v) is 85.0. The van der Waals surface area contributed by atoms with Crippen molar-refractivity contribution in [3.63, 3.8) is 0 Å². The van der Waals surface area contributed by atoms with Crippen molar-refractivity contribution in [2.75, 3.05) is 0 Å². The minimum atomic E-state index is -0.646. The summed E-state index contributed by atoms with van der Waals surface area (Å²) in [6.45, 7) is 39.4. The van der Waals surface area contributed by atoms with Crippen LogP contribution in [0.5, 0.6) is 0 Å². The fourth-order valence-corrected chi connectivity index (χ4v) is 16.6. The first-order chi connectivity index (χ1) is 60.7. The summed E-state index contributed by atoms with van der Waals surface area (Å²) >= 11 is 0. The van der Waals surface area contributed by atoms with Crippen LogP contribution in [-0.2, 0) is 92.5 Å². The van der Waals surface area contributed by atoms with E-state index >= 15 is 0 Å². The van der Waals surface area contributed by atoms with Crippen LogP contribution in [0.1, 0.15) is 147 Å². The Morgan fingerprint density at radius 2 is 0.721 bits per heavy atom. The average molecular weight is 2230 g/mol. The number of benzene rings is 11. The molecule has 1 atom stereocenters. The maximum Gasteiger partial charge on any atom is 0.213 e. The quantitative estimate of drug-likeness (QED) is 0.0598. The molecule has 0 spiro atoms. The number of aromatic nitrogens is 6. The van der Waals surface area contributed by atoms with Gasteiger partial charge in [-0.2, -0.15) is 4.57 Å². The molecule has 18 rings (SSSR count). The number of hydrogen-bond acceptors (Lipinski definition) is 7. The third kappa shape index (κ3) is 28.4. The van der Waals surface area contributed by atoms with Gasteiger partial charge in [0, 0.05) is 118 Å². The van der Waals surface area contributed by atoms with Crippen molar-refractivity contribution >= 4 is 49.2 Å². The van der Waals surface area contributed by atoms with E-state index in [1.807, 2.05) is 115 Å². The summed E-state index contributed by atoms with van der Waals surface area (Å²) in [7, 11) is 0. The van der Waals surface area contributed by atoms with E-state index < -0.39 is 6.10 Å². The van der Waals surface area contributed by atoms with Crippen LogP contribution in [0.25, 0.3) is 117 Å². The SMILES string of the molecule is CC(O)=C(c1ccccc1)C(C)O.Cc1[c-]c(-c2ccc3c(CC(C)C)cccc3n2)cc(C)c1.Cc1[c-]c(-c2ccc3c(CC(C)C)cccc3n2)cc(C)c1.Cc1[c-]c(-c2ccc3c(CC(C)C)cccc3n2)cc(C)c1.Cc1cc(C)c2c(c1)-c1ccc3c(CC(C)C)cccc3[n+]1C2.[Ir].[Ir].[Ir].[c-]1ccccc1-c1ccccn1.[c-]1ccccc1-c1ccccn1. The molecule has 129 heavy (non-hydrogen) atoms. The van der Waals surface area contributed by atoms with Gasteiger partial charge in [-0.05, 0) is 187 Å². The van der Waals surface area contributed by atoms with E-state index in [-0.39, 0.29) is 66.1 Å². The predicted octanol–water partition coefficient (Wildman–Crippen LogP) is 29.0. The molecule has 0 saturated carbocycles. The molecule has 665 valence electrons. The maximum atomic E-state index is 9.42. The predicted molar refractivity (Wildman–Crippen MR) is 529 cm³/mol. The first-order valence-electron chi connectivity index (χ1n) is 44.3. The number of nitrogens with zero attached hydrogens (tertiary/aromatic N) is 6. The smallest absolute Gasteiger partial charge is 0.213 e. The van der Waals surface area contributed by atoms with Gasteiger partial charge in [0.25, 0.3) is 0 Å². The molecule has 0 amide bonds. The summed E-state index contributed by atoms with van der Waals surface area (Å²) in [4.78, 5) is 23.0. The second kappa shape index (κ2) is 49.0. The molecule has 6 aromatic heterocycles. The molecule has 0 saturated heterocycles. The molecule has 11 aromatic carbocycles. The number of aryl methyl sites for hydroxylation is 8. The summed E-state index contributed by atoms with van der Waals surface area (Å²) in [5.74, 6) is 2.80. The number of aliphatic hydroxyl groups is 2. The van der Waals surface area contributed by atoms with Gasteiger partial charge in [0.1, 0.15) is 0 Å². The summed E-state index contributed by atoms with van der Waals surface area (Å²) in [6.07, 6.45) is 7.34. The van der Waals surface area contributed by atoms with Crippen LogP contribution >= 0.6 is 0 Å². The molecule has 3 radical (unpaired) electrons. The Hall–Kier alpha value is -11.2. The zero-order chi connectivity index (χ0) is 89.5. The first-order valence-corrected chi connectivity index (χ1v) is 44.3. The third-order valence-electron chi connectivity index (χ3n) is 21.8. The van der Waals surface area contributed by atoms with Gasteiger partial charge in [0.15, 0.2) is 6.54 Å². The van der Waals surface area contributed by atoms with E-state index in [9.17, 15) is 10.2 Å². The van der Waals surface area contributed by atoms with Gasteiger partial charge < -0.3 is 20.2 Å². The van der Waals surface area contributed by atoms with Crippen molar-refractivity contribution in [1.82, 2.24) is 24.9 Å². The minimum Gasteiger partial charge on any atom is -0.512 e. The van der Waals surface area contributed by atoms with Crippen molar-refractivity contribution in [1.29, 1.82) is 0 Å². The van der Waals surface area contributed by atoms with E-state index in [4.69, 9.17) is 15.0 Å². The fraction of sp³-hybridized carbons (Fsp3) is 0.237. The van der Waals surface area contributed by atoms with Crippen LogP contribution < -0.4 is 4.57 Å². The van der Waals surface area contributed by atoms with Crippen LogP contribution in [0, 0.1) is 109 Å². The van der Waals surface area contributed by atoms with Crippen LogP contribution in [0.2, 0.25) is 0 Å². The maximum absolute atomic E-state index is 9.42. The molecule has 1 aliphatic rings. The van der Waals surface area contributed by atoms with Gasteiger partial charge in [-0.1, -0.05) is 243 Å². The Kier molecular flexibility index (Phi) is 38.6. The Morgan fingerprint density at radius 1 is 0.357 bits per heavy atom. The van der Waals surface area contributed by atoms with E-state index in [0.717, 1.165) is 127 Å². The molecule has 1 aliphatic heterocycles. The number of rotatable bonds is 15. The Bertz CT molecular complexity index is 5990.